The van der Waals surface area contributed by atoms with Crippen molar-refractivity contribution in [3.8, 4) is 0 Å². The van der Waals surface area contributed by atoms with Crippen LogP contribution in [0.4, 0.5) is 0 Å². The van der Waals surface area contributed by atoms with Gasteiger partial charge in [-0.25, -0.2) is 4.98 Å². The van der Waals surface area contributed by atoms with Gasteiger partial charge in [0.25, 0.3) is 0 Å². The predicted molar refractivity (Wildman–Crippen MR) is 56.5 cm³/mol. The molecule has 1 atom stereocenters. The van der Waals surface area contributed by atoms with Crippen LogP contribution in [-0.2, 0) is 0 Å². The van der Waals surface area contributed by atoms with Crippen LogP contribution < -0.4 is 5.32 Å². The van der Waals surface area contributed by atoms with E-state index in [9.17, 15) is 0 Å². The molecule has 0 unspecified atom stereocenters. The third-order valence-corrected chi connectivity index (χ3v) is 2.85. The van der Waals surface area contributed by atoms with E-state index in [4.69, 9.17) is 0 Å². The Morgan fingerprint density at radius 3 is 3.00 bits per heavy atom. The Morgan fingerprint density at radius 1 is 1.38 bits per heavy atom. The number of piperidine rings is 1. The van der Waals surface area contributed by atoms with Crippen molar-refractivity contribution in [1.29, 1.82) is 0 Å². The summed E-state index contributed by atoms with van der Waals surface area (Å²) >= 11 is 3.39. The van der Waals surface area contributed by atoms with Crippen LogP contribution in [0, 0.1) is 0 Å². The summed E-state index contributed by atoms with van der Waals surface area (Å²) < 4.78 is 0.928. The summed E-state index contributed by atoms with van der Waals surface area (Å²) in [4.78, 5) is 4.45. The normalized spacial score (nSPS) is 23.0. The minimum Gasteiger partial charge on any atom is -0.309 e. The summed E-state index contributed by atoms with van der Waals surface area (Å²) in [7, 11) is 0. The lowest BCUT2D eigenvalue weighted by molar-refractivity contribution is 0.405. The van der Waals surface area contributed by atoms with E-state index in [2.05, 4.69) is 32.3 Å². The van der Waals surface area contributed by atoms with Gasteiger partial charge in [0.05, 0.1) is 5.69 Å². The van der Waals surface area contributed by atoms with Gasteiger partial charge in [-0.05, 0) is 47.4 Å². The monoisotopic (exact) mass is 240 g/mol. The van der Waals surface area contributed by atoms with E-state index in [1.54, 1.807) is 0 Å². The summed E-state index contributed by atoms with van der Waals surface area (Å²) in [5.74, 6) is 0. The van der Waals surface area contributed by atoms with Crippen LogP contribution in [0.1, 0.15) is 31.0 Å². The Bertz CT molecular complexity index is 282. The van der Waals surface area contributed by atoms with E-state index in [1.165, 1.54) is 19.3 Å². The minimum atomic E-state index is 0.464. The number of halogens is 1. The van der Waals surface area contributed by atoms with Crippen LogP contribution in [-0.4, -0.2) is 11.5 Å². The lowest BCUT2D eigenvalue weighted by Gasteiger charge is -2.22. The predicted octanol–water partition coefficient (Wildman–Crippen LogP) is 2.66. The Balaban J connectivity index is 2.14. The molecule has 0 bridgehead atoms. The van der Waals surface area contributed by atoms with Gasteiger partial charge in [0.15, 0.2) is 0 Å². The van der Waals surface area contributed by atoms with Gasteiger partial charge in [-0.2, -0.15) is 0 Å². The Hall–Kier alpha value is -0.410. The second-order valence-electron chi connectivity index (χ2n) is 3.39. The fourth-order valence-corrected chi connectivity index (χ4v) is 2.08. The number of hydrogen-bond donors (Lipinski definition) is 1. The van der Waals surface area contributed by atoms with E-state index in [0.717, 1.165) is 16.8 Å². The Labute approximate surface area is 86.9 Å². The first-order chi connectivity index (χ1) is 6.36. The number of nitrogens with one attached hydrogen (secondary N) is 1. The molecular weight excluding hydrogens is 228 g/mol. The molecule has 0 aromatic carbocycles. The van der Waals surface area contributed by atoms with E-state index < -0.39 is 0 Å². The van der Waals surface area contributed by atoms with Crippen molar-refractivity contribution in [3.05, 3.63) is 28.5 Å². The molecular formula is C10H13BrN2. The summed E-state index contributed by atoms with van der Waals surface area (Å²) in [6.45, 7) is 1.12. The first-order valence-electron chi connectivity index (χ1n) is 4.72. The maximum atomic E-state index is 4.45. The highest BCUT2D eigenvalue weighted by atomic mass is 79.9. The highest BCUT2D eigenvalue weighted by molar-refractivity contribution is 9.10. The van der Waals surface area contributed by atoms with Crippen molar-refractivity contribution in [2.75, 3.05) is 6.54 Å². The lowest BCUT2D eigenvalue weighted by Crippen LogP contribution is -2.27. The van der Waals surface area contributed by atoms with Gasteiger partial charge in [-0.3, -0.25) is 0 Å². The molecule has 0 spiro atoms. The molecule has 0 saturated carbocycles. The third-order valence-electron chi connectivity index (χ3n) is 2.40. The molecule has 2 heterocycles. The SMILES string of the molecule is Brc1cccc([C@H]2CCCCN2)n1. The first kappa shape index (κ1) is 9.16. The fourth-order valence-electron chi connectivity index (χ4n) is 1.72. The zero-order chi connectivity index (χ0) is 9.10. The topological polar surface area (TPSA) is 24.9 Å². The minimum absolute atomic E-state index is 0.464. The zero-order valence-electron chi connectivity index (χ0n) is 7.46. The fraction of sp³-hybridized carbons (Fsp3) is 0.500. The van der Waals surface area contributed by atoms with Crippen molar-refractivity contribution in [3.63, 3.8) is 0 Å². The molecule has 0 amide bonds. The second-order valence-corrected chi connectivity index (χ2v) is 4.20. The number of nitrogens with zero attached hydrogens (tertiary/aromatic N) is 1. The van der Waals surface area contributed by atoms with Crippen LogP contribution in [0.2, 0.25) is 0 Å². The summed E-state index contributed by atoms with van der Waals surface area (Å²) in [6.07, 6.45) is 3.82. The van der Waals surface area contributed by atoms with Gasteiger partial charge in [0.2, 0.25) is 0 Å². The molecule has 1 aromatic heterocycles. The van der Waals surface area contributed by atoms with E-state index in [1.807, 2.05) is 12.1 Å². The molecule has 3 heteroatoms. The van der Waals surface area contributed by atoms with Crippen molar-refractivity contribution in [1.82, 2.24) is 10.3 Å². The van der Waals surface area contributed by atoms with Gasteiger partial charge in [0.1, 0.15) is 4.60 Å². The zero-order valence-corrected chi connectivity index (χ0v) is 9.05. The van der Waals surface area contributed by atoms with Crippen LogP contribution in [0.3, 0.4) is 0 Å². The molecule has 1 aliphatic rings. The molecule has 2 rings (SSSR count). The molecule has 0 radical (unpaired) electrons. The summed E-state index contributed by atoms with van der Waals surface area (Å²) in [6, 6.07) is 6.56. The number of rotatable bonds is 1. The Morgan fingerprint density at radius 2 is 2.31 bits per heavy atom. The number of hydrogen-bond acceptors (Lipinski definition) is 2. The highest BCUT2D eigenvalue weighted by Crippen LogP contribution is 2.22. The second kappa shape index (κ2) is 4.20. The van der Waals surface area contributed by atoms with Crippen molar-refractivity contribution in [2.24, 2.45) is 0 Å². The van der Waals surface area contributed by atoms with Crippen LogP contribution >= 0.6 is 15.9 Å². The first-order valence-corrected chi connectivity index (χ1v) is 5.51. The number of aromatic nitrogens is 1. The highest BCUT2D eigenvalue weighted by Gasteiger charge is 2.15. The third kappa shape index (κ3) is 2.29. The van der Waals surface area contributed by atoms with Gasteiger partial charge in [0, 0.05) is 6.04 Å². The standard InChI is InChI=1S/C10H13BrN2/c11-10-6-3-5-9(13-10)8-4-1-2-7-12-8/h3,5-6,8,12H,1-2,4,7H2/t8-/m1/s1. The Kier molecular flexibility index (Phi) is 2.96. The van der Waals surface area contributed by atoms with E-state index >= 15 is 0 Å². The maximum absolute atomic E-state index is 4.45. The molecule has 1 aliphatic heterocycles. The molecule has 1 saturated heterocycles. The largest absolute Gasteiger partial charge is 0.309 e. The van der Waals surface area contributed by atoms with Crippen molar-refractivity contribution < 1.29 is 0 Å². The van der Waals surface area contributed by atoms with E-state index in [-0.39, 0.29) is 0 Å². The van der Waals surface area contributed by atoms with E-state index in [0.29, 0.717) is 6.04 Å². The average Bonchev–Trinajstić information content (AvgIpc) is 2.19. The number of pyridine rings is 1. The van der Waals surface area contributed by atoms with Gasteiger partial charge in [-0.1, -0.05) is 12.5 Å². The van der Waals surface area contributed by atoms with Crippen LogP contribution in [0.25, 0.3) is 0 Å². The van der Waals surface area contributed by atoms with Crippen LogP contribution in [0.5, 0.6) is 0 Å². The summed E-state index contributed by atoms with van der Waals surface area (Å²) in [5.41, 5.74) is 1.16. The summed E-state index contributed by atoms with van der Waals surface area (Å²) in [5, 5.41) is 3.48. The average molecular weight is 241 g/mol. The molecule has 2 nitrogen and oxygen atoms in total. The molecule has 1 aromatic rings. The molecule has 0 aliphatic carbocycles. The van der Waals surface area contributed by atoms with Gasteiger partial charge >= 0.3 is 0 Å². The molecule has 1 fully saturated rings. The van der Waals surface area contributed by atoms with Crippen molar-refractivity contribution in [2.45, 2.75) is 25.3 Å². The van der Waals surface area contributed by atoms with Crippen molar-refractivity contribution >= 4 is 15.9 Å². The maximum Gasteiger partial charge on any atom is 0.106 e. The van der Waals surface area contributed by atoms with Gasteiger partial charge in [-0.15, -0.1) is 0 Å². The quantitative estimate of drug-likeness (QED) is 0.764. The molecule has 70 valence electrons. The smallest absolute Gasteiger partial charge is 0.106 e. The molecule has 13 heavy (non-hydrogen) atoms. The van der Waals surface area contributed by atoms with Crippen LogP contribution in [0.15, 0.2) is 22.8 Å². The molecule has 1 N–H and O–H groups in total. The lowest BCUT2D eigenvalue weighted by atomic mass is 10.0. The van der Waals surface area contributed by atoms with Gasteiger partial charge < -0.3 is 5.32 Å².